The number of hydrogen-bond acceptors (Lipinski definition) is 9. The van der Waals surface area contributed by atoms with Gasteiger partial charge < -0.3 is 33.5 Å². The Bertz CT molecular complexity index is 1350. The number of ether oxygens (including phenoxy) is 6. The quantitative estimate of drug-likeness (QED) is 0.353. The summed E-state index contributed by atoms with van der Waals surface area (Å²) in [6, 6.07) is 18.9. The zero-order valence-electron chi connectivity index (χ0n) is 21.4. The van der Waals surface area contributed by atoms with Gasteiger partial charge in [0.25, 0.3) is 0 Å². The van der Waals surface area contributed by atoms with E-state index in [0.717, 1.165) is 0 Å². The molecule has 9 heteroatoms. The molecule has 3 aromatic carbocycles. The van der Waals surface area contributed by atoms with E-state index in [2.05, 4.69) is 0 Å². The summed E-state index contributed by atoms with van der Waals surface area (Å²) in [5, 5.41) is 12.4. The Labute approximate surface area is 219 Å². The van der Waals surface area contributed by atoms with Crippen molar-refractivity contribution in [2.75, 3.05) is 35.2 Å². The average molecular weight is 521 g/mol. The molecule has 1 heterocycles. The minimum absolute atomic E-state index is 0.0349. The number of carbonyl (C=O) groups is 2. The monoisotopic (exact) mass is 520 g/mol. The van der Waals surface area contributed by atoms with Crippen LogP contribution in [0, 0.1) is 5.92 Å². The van der Waals surface area contributed by atoms with Crippen LogP contribution in [0.2, 0.25) is 0 Å². The van der Waals surface area contributed by atoms with Crippen LogP contribution in [0.1, 0.15) is 22.6 Å². The van der Waals surface area contributed by atoms with Gasteiger partial charge in [-0.1, -0.05) is 42.5 Å². The van der Waals surface area contributed by atoms with Crippen LogP contribution >= 0.6 is 0 Å². The van der Waals surface area contributed by atoms with Gasteiger partial charge in [-0.2, -0.15) is 0 Å². The number of esters is 1. The van der Waals surface area contributed by atoms with E-state index in [1.807, 2.05) is 6.07 Å². The Morgan fingerprint density at radius 3 is 2.26 bits per heavy atom. The molecule has 2 bridgehead atoms. The predicted octanol–water partition coefficient (Wildman–Crippen LogP) is 3.32. The van der Waals surface area contributed by atoms with Gasteiger partial charge in [0.05, 0.1) is 32.8 Å². The van der Waals surface area contributed by atoms with Crippen molar-refractivity contribution in [3.05, 3.63) is 83.4 Å². The zero-order chi connectivity index (χ0) is 27.1. The maximum absolute atomic E-state index is 14.6. The number of methoxy groups -OCH3 is 4. The molecule has 0 radical (unpaired) electrons. The Kier molecular flexibility index (Phi) is 6.50. The first kappa shape index (κ1) is 25.6. The molecular weight excluding hydrogens is 492 g/mol. The van der Waals surface area contributed by atoms with Crippen molar-refractivity contribution in [2.45, 2.75) is 17.1 Å². The highest BCUT2D eigenvalue weighted by Gasteiger charge is 2.77. The summed E-state index contributed by atoms with van der Waals surface area (Å²) in [5.41, 5.74) is -3.04. The van der Waals surface area contributed by atoms with E-state index in [-0.39, 0.29) is 23.9 Å². The predicted molar refractivity (Wildman–Crippen MR) is 134 cm³/mol. The van der Waals surface area contributed by atoms with Gasteiger partial charge >= 0.3 is 5.97 Å². The minimum Gasteiger partial charge on any atom is -0.497 e. The molecule has 3 aromatic rings. The number of aliphatic hydroxyl groups is 1. The fourth-order valence-electron chi connectivity index (χ4n) is 5.72. The van der Waals surface area contributed by atoms with E-state index in [0.29, 0.717) is 22.6 Å². The minimum atomic E-state index is -2.34. The van der Waals surface area contributed by atoms with E-state index in [1.54, 1.807) is 54.6 Å². The number of carbonyl (C=O) groups excluding carboxylic acids is 2. The molecule has 38 heavy (non-hydrogen) atoms. The largest absolute Gasteiger partial charge is 0.497 e. The van der Waals surface area contributed by atoms with Crippen LogP contribution < -0.4 is 18.9 Å². The zero-order valence-corrected chi connectivity index (χ0v) is 21.4. The molecule has 1 saturated carbocycles. The van der Waals surface area contributed by atoms with E-state index < -0.39 is 34.8 Å². The average Bonchev–Trinajstić information content (AvgIpc) is 3.08. The molecule has 2 aliphatic rings. The standard InChI is InChI=1S/C29H28O9/c1-33-16-37-20-14-21(35-3)24-22(15-20)38-29(18-10-12-19(34-2)13-11-18)23(17-8-6-5-7-9-17)25(26(30)36-4)28(24,32)27(29)31/h5-15,23,25,32H,16H2,1-4H3/t23?,25?,28-,29-/m0/s1. The second-order valence-electron chi connectivity index (χ2n) is 9.10. The van der Waals surface area contributed by atoms with Crippen LogP contribution in [0.5, 0.6) is 23.0 Å². The smallest absolute Gasteiger partial charge is 0.313 e. The first-order valence-electron chi connectivity index (χ1n) is 11.9. The van der Waals surface area contributed by atoms with Crippen LogP contribution in [-0.4, -0.2) is 52.1 Å². The molecule has 1 aliphatic heterocycles. The lowest BCUT2D eigenvalue weighted by molar-refractivity contribution is -0.162. The van der Waals surface area contributed by atoms with Crippen LogP contribution in [0.15, 0.2) is 66.7 Å². The van der Waals surface area contributed by atoms with Gasteiger partial charge in [-0.15, -0.1) is 0 Å². The first-order chi connectivity index (χ1) is 18.4. The summed E-state index contributed by atoms with van der Waals surface area (Å²) in [6.45, 7) is -0.0494. The number of Topliss-reactive ketones (excluding diaryl/α,β-unsaturated/α-hetero) is 1. The van der Waals surface area contributed by atoms with Gasteiger partial charge in [0.2, 0.25) is 11.4 Å². The second kappa shape index (κ2) is 9.66. The molecule has 4 atom stereocenters. The molecule has 9 nitrogen and oxygen atoms in total. The lowest BCUT2D eigenvalue weighted by Crippen LogP contribution is -2.51. The Morgan fingerprint density at radius 2 is 1.66 bits per heavy atom. The van der Waals surface area contributed by atoms with Crippen molar-refractivity contribution in [3.63, 3.8) is 0 Å². The van der Waals surface area contributed by atoms with E-state index in [4.69, 9.17) is 28.4 Å². The third-order valence-electron chi connectivity index (χ3n) is 7.29. The van der Waals surface area contributed by atoms with Gasteiger partial charge in [0.1, 0.15) is 28.9 Å². The van der Waals surface area contributed by atoms with E-state index in [1.165, 1.54) is 34.5 Å². The summed E-state index contributed by atoms with van der Waals surface area (Å²) in [4.78, 5) is 28.1. The number of benzene rings is 3. The molecule has 2 unspecified atom stereocenters. The van der Waals surface area contributed by atoms with Gasteiger partial charge in [0.15, 0.2) is 12.4 Å². The van der Waals surface area contributed by atoms with Crippen LogP contribution in [0.3, 0.4) is 0 Å². The molecule has 198 valence electrons. The van der Waals surface area contributed by atoms with Crippen molar-refractivity contribution >= 4 is 11.8 Å². The number of ketones is 1. The van der Waals surface area contributed by atoms with E-state index >= 15 is 0 Å². The Balaban J connectivity index is 1.86. The SMILES string of the molecule is COCOc1cc(OC)c2c(c1)O[C@]1(c3ccc(OC)cc3)C(=O)[C@@]2(O)C(C(=O)OC)C1c1ccccc1. The molecule has 1 fully saturated rings. The maximum atomic E-state index is 14.6. The summed E-state index contributed by atoms with van der Waals surface area (Å²) in [6.07, 6.45) is 0. The first-order valence-corrected chi connectivity index (χ1v) is 11.9. The highest BCUT2D eigenvalue weighted by molar-refractivity contribution is 6.07. The topological polar surface area (TPSA) is 110 Å². The van der Waals surface area contributed by atoms with Gasteiger partial charge in [0, 0.05) is 24.8 Å². The molecule has 0 amide bonds. The summed E-state index contributed by atoms with van der Waals surface area (Å²) >= 11 is 0. The van der Waals surface area contributed by atoms with Gasteiger partial charge in [-0.25, -0.2) is 0 Å². The van der Waals surface area contributed by atoms with Crippen molar-refractivity contribution in [3.8, 4) is 23.0 Å². The van der Waals surface area contributed by atoms with Crippen molar-refractivity contribution in [2.24, 2.45) is 5.92 Å². The van der Waals surface area contributed by atoms with Gasteiger partial charge in [-0.05, 0) is 17.7 Å². The maximum Gasteiger partial charge on any atom is 0.313 e. The number of fused-ring (bicyclic) bond motifs is 4. The highest BCUT2D eigenvalue weighted by atomic mass is 16.7. The Hall–Kier alpha value is -4.08. The third-order valence-corrected chi connectivity index (χ3v) is 7.29. The molecule has 0 saturated heterocycles. The van der Waals surface area contributed by atoms with Crippen LogP contribution in [0.4, 0.5) is 0 Å². The van der Waals surface area contributed by atoms with Crippen LogP contribution in [0.25, 0.3) is 0 Å². The number of rotatable bonds is 8. The lowest BCUT2D eigenvalue weighted by atomic mass is 9.75. The third kappa shape index (κ3) is 3.53. The molecule has 1 aliphatic carbocycles. The molecule has 1 N–H and O–H groups in total. The highest BCUT2D eigenvalue weighted by Crippen LogP contribution is 2.66. The number of hydrogen-bond donors (Lipinski definition) is 1. The Morgan fingerprint density at radius 1 is 0.947 bits per heavy atom. The second-order valence-corrected chi connectivity index (χ2v) is 9.10. The van der Waals surface area contributed by atoms with Crippen molar-refractivity contribution < 1.29 is 43.1 Å². The summed E-state index contributed by atoms with van der Waals surface area (Å²) < 4.78 is 33.4. The molecule has 5 rings (SSSR count). The summed E-state index contributed by atoms with van der Waals surface area (Å²) in [5.74, 6) is -2.61. The van der Waals surface area contributed by atoms with Crippen molar-refractivity contribution in [1.82, 2.24) is 0 Å². The molecule has 0 spiro atoms. The fraction of sp³-hybridized carbons (Fsp3) is 0.310. The normalized spacial score (nSPS) is 25.2. The van der Waals surface area contributed by atoms with Crippen LogP contribution in [-0.2, 0) is 30.3 Å². The summed E-state index contributed by atoms with van der Waals surface area (Å²) in [7, 11) is 5.64. The molecular formula is C29H28O9. The van der Waals surface area contributed by atoms with Gasteiger partial charge in [-0.3, -0.25) is 9.59 Å². The molecule has 0 aromatic heterocycles. The lowest BCUT2D eigenvalue weighted by Gasteiger charge is -2.40. The fourth-order valence-corrected chi connectivity index (χ4v) is 5.72. The van der Waals surface area contributed by atoms with Crippen molar-refractivity contribution in [1.29, 1.82) is 0 Å². The van der Waals surface area contributed by atoms with E-state index in [9.17, 15) is 14.7 Å².